The summed E-state index contributed by atoms with van der Waals surface area (Å²) in [5, 5.41) is 5.58. The number of nitrogens with zero attached hydrogens (tertiary/aromatic N) is 6. The van der Waals surface area contributed by atoms with Crippen molar-refractivity contribution < 1.29 is 0 Å². The smallest absolute Gasteiger partial charge is 0.156 e. The Morgan fingerprint density at radius 2 is 1.94 bits per heavy atom. The highest BCUT2D eigenvalue weighted by molar-refractivity contribution is 5.83. The van der Waals surface area contributed by atoms with Crippen molar-refractivity contribution >= 4 is 16.7 Å². The molecule has 5 heterocycles. The number of piperidine rings is 1. The lowest BCUT2D eigenvalue weighted by molar-refractivity contribution is 0.503. The van der Waals surface area contributed by atoms with Gasteiger partial charge in [0.05, 0.1) is 17.4 Å². The summed E-state index contributed by atoms with van der Waals surface area (Å²) in [5.41, 5.74) is 10.2. The molecular weight excluding hydrogens is 386 g/mol. The van der Waals surface area contributed by atoms with E-state index in [9.17, 15) is 0 Å². The van der Waals surface area contributed by atoms with Gasteiger partial charge in [0.1, 0.15) is 5.82 Å². The molecule has 0 aromatic carbocycles. The van der Waals surface area contributed by atoms with Gasteiger partial charge in [-0.3, -0.25) is 9.97 Å². The molecule has 4 aromatic rings. The largest absolute Gasteiger partial charge is 0.355 e. The lowest BCUT2D eigenvalue weighted by atomic mass is 10.0. The summed E-state index contributed by atoms with van der Waals surface area (Å²) in [7, 11) is 0. The fourth-order valence-corrected chi connectivity index (χ4v) is 4.10. The van der Waals surface area contributed by atoms with E-state index < -0.39 is 0 Å². The van der Waals surface area contributed by atoms with E-state index in [1.165, 1.54) is 5.56 Å². The summed E-state index contributed by atoms with van der Waals surface area (Å²) in [4.78, 5) is 16.2. The zero-order valence-electron chi connectivity index (χ0n) is 17.9. The third-order valence-corrected chi connectivity index (χ3v) is 5.89. The van der Waals surface area contributed by atoms with Gasteiger partial charge in [-0.25, -0.2) is 9.67 Å². The van der Waals surface area contributed by atoms with Crippen LogP contribution < -0.4 is 10.6 Å². The van der Waals surface area contributed by atoms with Gasteiger partial charge in [-0.05, 0) is 48.6 Å². The van der Waals surface area contributed by atoms with Crippen LogP contribution in [0.3, 0.4) is 0 Å². The quantitative estimate of drug-likeness (QED) is 0.546. The maximum atomic E-state index is 6.17. The first kappa shape index (κ1) is 19.6. The number of hydrogen-bond acceptors (Lipinski definition) is 6. The first-order valence-electron chi connectivity index (χ1n) is 10.9. The SMILES string of the molecule is CC(C)c1cncc(-c2cc3c(cn2)cnn3-c2cccc(N3CCC[C@H](N)C3)n2)c1. The van der Waals surface area contributed by atoms with E-state index in [-0.39, 0.29) is 6.04 Å². The fraction of sp³-hybridized carbons (Fsp3) is 0.333. The topological polar surface area (TPSA) is 85.8 Å². The van der Waals surface area contributed by atoms with E-state index in [1.54, 1.807) is 0 Å². The van der Waals surface area contributed by atoms with Gasteiger partial charge in [-0.15, -0.1) is 0 Å². The monoisotopic (exact) mass is 413 g/mol. The van der Waals surface area contributed by atoms with Crippen LogP contribution in [-0.2, 0) is 0 Å². The number of hydrogen-bond donors (Lipinski definition) is 1. The van der Waals surface area contributed by atoms with Gasteiger partial charge >= 0.3 is 0 Å². The Kier molecular flexibility index (Phi) is 5.11. The van der Waals surface area contributed by atoms with Gasteiger partial charge < -0.3 is 10.6 Å². The summed E-state index contributed by atoms with van der Waals surface area (Å²) in [6.45, 7) is 6.15. The van der Waals surface area contributed by atoms with Crippen molar-refractivity contribution in [3.63, 3.8) is 0 Å². The molecule has 5 rings (SSSR count). The van der Waals surface area contributed by atoms with Gasteiger partial charge in [0, 0.05) is 48.7 Å². The number of anilines is 1. The average Bonchev–Trinajstić information content (AvgIpc) is 3.22. The Bertz CT molecular complexity index is 1210. The molecule has 31 heavy (non-hydrogen) atoms. The lowest BCUT2D eigenvalue weighted by Crippen LogP contribution is -2.43. The highest BCUT2D eigenvalue weighted by Crippen LogP contribution is 2.26. The maximum absolute atomic E-state index is 6.17. The number of aromatic nitrogens is 5. The Balaban J connectivity index is 1.53. The minimum atomic E-state index is 0.202. The van der Waals surface area contributed by atoms with Crippen molar-refractivity contribution in [2.45, 2.75) is 38.6 Å². The number of fused-ring (bicyclic) bond motifs is 1. The first-order valence-corrected chi connectivity index (χ1v) is 10.9. The van der Waals surface area contributed by atoms with Crippen LogP contribution in [0.2, 0.25) is 0 Å². The number of nitrogens with two attached hydrogens (primary N) is 1. The van der Waals surface area contributed by atoms with Gasteiger partial charge in [-0.1, -0.05) is 19.9 Å². The summed E-state index contributed by atoms with van der Waals surface area (Å²) >= 11 is 0. The van der Waals surface area contributed by atoms with Crippen molar-refractivity contribution in [2.24, 2.45) is 5.73 Å². The van der Waals surface area contributed by atoms with Crippen LogP contribution >= 0.6 is 0 Å². The second-order valence-electron chi connectivity index (χ2n) is 8.55. The highest BCUT2D eigenvalue weighted by atomic mass is 15.3. The Labute approximate surface area is 182 Å². The molecule has 1 fully saturated rings. The van der Waals surface area contributed by atoms with Crippen LogP contribution in [-0.4, -0.2) is 43.9 Å². The molecule has 7 heteroatoms. The van der Waals surface area contributed by atoms with E-state index in [2.05, 4.69) is 45.9 Å². The van der Waals surface area contributed by atoms with Gasteiger partial charge in [0.25, 0.3) is 0 Å². The first-order chi connectivity index (χ1) is 15.1. The van der Waals surface area contributed by atoms with E-state index in [0.29, 0.717) is 5.92 Å². The highest BCUT2D eigenvalue weighted by Gasteiger charge is 2.19. The van der Waals surface area contributed by atoms with Crippen LogP contribution in [0.5, 0.6) is 0 Å². The molecule has 0 spiro atoms. The zero-order chi connectivity index (χ0) is 21.4. The fourth-order valence-electron chi connectivity index (χ4n) is 4.10. The van der Waals surface area contributed by atoms with Crippen molar-refractivity contribution in [1.29, 1.82) is 0 Å². The molecule has 0 radical (unpaired) electrons. The molecule has 158 valence electrons. The molecule has 0 saturated carbocycles. The van der Waals surface area contributed by atoms with Crippen LogP contribution in [0.4, 0.5) is 5.82 Å². The van der Waals surface area contributed by atoms with E-state index in [4.69, 9.17) is 10.7 Å². The van der Waals surface area contributed by atoms with Gasteiger partial charge in [-0.2, -0.15) is 5.10 Å². The second kappa shape index (κ2) is 8.07. The van der Waals surface area contributed by atoms with E-state index >= 15 is 0 Å². The Morgan fingerprint density at radius 3 is 2.77 bits per heavy atom. The minimum Gasteiger partial charge on any atom is -0.355 e. The second-order valence-corrected chi connectivity index (χ2v) is 8.55. The molecule has 1 saturated heterocycles. The Hall–Kier alpha value is -3.32. The molecule has 0 aliphatic carbocycles. The summed E-state index contributed by atoms with van der Waals surface area (Å²) in [6, 6.07) is 10.5. The van der Waals surface area contributed by atoms with Crippen molar-refractivity contribution in [3.05, 3.63) is 60.7 Å². The summed E-state index contributed by atoms with van der Waals surface area (Å²) in [6.07, 6.45) is 9.64. The molecule has 1 aliphatic heterocycles. The van der Waals surface area contributed by atoms with E-state index in [0.717, 1.165) is 59.7 Å². The normalized spacial score (nSPS) is 16.9. The number of pyridine rings is 3. The molecule has 4 aromatic heterocycles. The summed E-state index contributed by atoms with van der Waals surface area (Å²) < 4.78 is 1.88. The van der Waals surface area contributed by atoms with Crippen LogP contribution in [0.1, 0.15) is 38.2 Å². The third-order valence-electron chi connectivity index (χ3n) is 5.89. The van der Waals surface area contributed by atoms with Crippen molar-refractivity contribution in [3.8, 4) is 17.1 Å². The zero-order valence-corrected chi connectivity index (χ0v) is 17.9. The van der Waals surface area contributed by atoms with Crippen molar-refractivity contribution in [1.82, 2.24) is 24.7 Å². The predicted octanol–water partition coefficient (Wildman–Crippen LogP) is 3.93. The van der Waals surface area contributed by atoms with Gasteiger partial charge in [0.2, 0.25) is 0 Å². The molecule has 7 nitrogen and oxygen atoms in total. The van der Waals surface area contributed by atoms with Crippen LogP contribution in [0, 0.1) is 0 Å². The molecular formula is C24H27N7. The molecule has 0 unspecified atom stereocenters. The average molecular weight is 414 g/mol. The molecule has 0 bridgehead atoms. The maximum Gasteiger partial charge on any atom is 0.156 e. The third kappa shape index (κ3) is 3.88. The predicted molar refractivity (Wildman–Crippen MR) is 123 cm³/mol. The minimum absolute atomic E-state index is 0.202. The van der Waals surface area contributed by atoms with Crippen LogP contribution in [0.25, 0.3) is 28.0 Å². The molecule has 1 aliphatic rings. The lowest BCUT2D eigenvalue weighted by Gasteiger charge is -2.31. The summed E-state index contributed by atoms with van der Waals surface area (Å²) in [5.74, 6) is 2.15. The standard InChI is InChI=1S/C24H27N7/c1-16(2)17-9-18(12-26-11-17)21-10-22-19(13-27-21)14-28-31(22)24-7-3-6-23(29-24)30-8-4-5-20(25)15-30/h3,6-7,9-14,16,20H,4-5,8,15,25H2,1-2H3/t20-/m0/s1. The van der Waals surface area contributed by atoms with E-state index in [1.807, 2.05) is 47.7 Å². The molecule has 1 atom stereocenters. The number of rotatable bonds is 4. The molecule has 2 N–H and O–H groups in total. The van der Waals surface area contributed by atoms with Crippen LogP contribution in [0.15, 0.2) is 55.1 Å². The Morgan fingerprint density at radius 1 is 1.06 bits per heavy atom. The molecule has 0 amide bonds. The van der Waals surface area contributed by atoms with Crippen molar-refractivity contribution in [2.75, 3.05) is 18.0 Å². The van der Waals surface area contributed by atoms with Gasteiger partial charge in [0.15, 0.2) is 5.82 Å².